The summed E-state index contributed by atoms with van der Waals surface area (Å²) in [7, 11) is 0. The van der Waals surface area contributed by atoms with Crippen LogP contribution in [0, 0.1) is 17.8 Å². The van der Waals surface area contributed by atoms with Crippen LogP contribution in [0.1, 0.15) is 58.8 Å². The van der Waals surface area contributed by atoms with Gasteiger partial charge in [0.2, 0.25) is 0 Å². The Balaban J connectivity index is 1.62. The Kier molecular flexibility index (Phi) is 4.07. The van der Waals surface area contributed by atoms with Gasteiger partial charge in [0.25, 0.3) is 0 Å². The van der Waals surface area contributed by atoms with Crippen LogP contribution < -0.4 is 5.32 Å². The molecule has 1 nitrogen and oxygen atoms in total. The van der Waals surface area contributed by atoms with Crippen LogP contribution in [0.2, 0.25) is 0 Å². The highest BCUT2D eigenvalue weighted by molar-refractivity contribution is 4.80. The van der Waals surface area contributed by atoms with Gasteiger partial charge in [-0.3, -0.25) is 0 Å². The first kappa shape index (κ1) is 11.4. The summed E-state index contributed by atoms with van der Waals surface area (Å²) < 4.78 is 0. The molecule has 0 bridgehead atoms. The van der Waals surface area contributed by atoms with Crippen molar-refractivity contribution < 1.29 is 0 Å². The van der Waals surface area contributed by atoms with Crippen LogP contribution in [0.5, 0.6) is 0 Å². The van der Waals surface area contributed by atoms with Crippen molar-refractivity contribution in [2.45, 2.75) is 64.8 Å². The molecule has 0 aliphatic heterocycles. The van der Waals surface area contributed by atoms with E-state index in [1.54, 1.807) is 0 Å². The van der Waals surface area contributed by atoms with Gasteiger partial charge in [-0.05, 0) is 44.1 Å². The van der Waals surface area contributed by atoms with E-state index in [4.69, 9.17) is 0 Å². The molecule has 3 unspecified atom stereocenters. The minimum absolute atomic E-state index is 0.756. The lowest BCUT2D eigenvalue weighted by Crippen LogP contribution is -2.35. The minimum Gasteiger partial charge on any atom is -0.314 e. The topological polar surface area (TPSA) is 12.0 Å². The summed E-state index contributed by atoms with van der Waals surface area (Å²) in [4.78, 5) is 0. The molecule has 88 valence electrons. The average Bonchev–Trinajstić information content (AvgIpc) is 3.00. The van der Waals surface area contributed by atoms with E-state index in [0.717, 1.165) is 23.8 Å². The Morgan fingerprint density at radius 3 is 2.53 bits per heavy atom. The summed E-state index contributed by atoms with van der Waals surface area (Å²) in [6.45, 7) is 6.08. The summed E-state index contributed by atoms with van der Waals surface area (Å²) >= 11 is 0. The predicted molar refractivity (Wildman–Crippen MR) is 65.9 cm³/mol. The van der Waals surface area contributed by atoms with Gasteiger partial charge in [-0.15, -0.1) is 0 Å². The summed E-state index contributed by atoms with van der Waals surface area (Å²) in [5, 5.41) is 3.75. The molecule has 3 atom stereocenters. The fourth-order valence-corrected chi connectivity index (χ4v) is 2.99. The first-order valence-electron chi connectivity index (χ1n) is 6.99. The standard InChI is InChI=1S/C14H27N/c1-11-5-3-4-6-14(11)10-15-12(2)9-13-7-8-13/h11-15H,3-10H2,1-2H3. The van der Waals surface area contributed by atoms with Gasteiger partial charge in [0, 0.05) is 6.04 Å². The lowest BCUT2D eigenvalue weighted by molar-refractivity contribution is 0.240. The lowest BCUT2D eigenvalue weighted by Gasteiger charge is -2.30. The summed E-state index contributed by atoms with van der Waals surface area (Å²) in [6.07, 6.45) is 10.3. The summed E-state index contributed by atoms with van der Waals surface area (Å²) in [5.41, 5.74) is 0. The quantitative estimate of drug-likeness (QED) is 0.729. The van der Waals surface area contributed by atoms with Crippen LogP contribution in [0.4, 0.5) is 0 Å². The highest BCUT2D eigenvalue weighted by Gasteiger charge is 2.25. The fraction of sp³-hybridized carbons (Fsp3) is 1.00. The SMILES string of the molecule is CC(CC1CC1)NCC1CCCCC1C. The van der Waals surface area contributed by atoms with Crippen LogP contribution in [-0.4, -0.2) is 12.6 Å². The molecule has 1 N–H and O–H groups in total. The summed E-state index contributed by atoms with van der Waals surface area (Å²) in [6, 6.07) is 0.756. The van der Waals surface area contributed by atoms with Crippen LogP contribution in [-0.2, 0) is 0 Å². The molecule has 2 aliphatic rings. The Labute approximate surface area is 95.0 Å². The molecule has 1 heteroatoms. The monoisotopic (exact) mass is 209 g/mol. The van der Waals surface area contributed by atoms with Crippen molar-refractivity contribution in [1.29, 1.82) is 0 Å². The molecule has 0 aromatic rings. The van der Waals surface area contributed by atoms with Crippen molar-refractivity contribution in [3.05, 3.63) is 0 Å². The number of hydrogen-bond acceptors (Lipinski definition) is 1. The van der Waals surface area contributed by atoms with Crippen LogP contribution in [0.15, 0.2) is 0 Å². The lowest BCUT2D eigenvalue weighted by atomic mass is 9.80. The molecule has 2 rings (SSSR count). The third-order valence-corrected chi connectivity index (χ3v) is 4.40. The van der Waals surface area contributed by atoms with Crippen LogP contribution in [0.3, 0.4) is 0 Å². The first-order chi connectivity index (χ1) is 7.25. The van der Waals surface area contributed by atoms with E-state index in [9.17, 15) is 0 Å². The molecular formula is C14H27N. The zero-order chi connectivity index (χ0) is 10.7. The maximum absolute atomic E-state index is 3.75. The maximum atomic E-state index is 3.75. The van der Waals surface area contributed by atoms with Crippen molar-refractivity contribution in [1.82, 2.24) is 5.32 Å². The van der Waals surface area contributed by atoms with E-state index in [-0.39, 0.29) is 0 Å². The summed E-state index contributed by atoms with van der Waals surface area (Å²) in [5.74, 6) is 2.98. The van der Waals surface area contributed by atoms with E-state index in [0.29, 0.717) is 0 Å². The molecule has 0 saturated heterocycles. The van der Waals surface area contributed by atoms with Gasteiger partial charge in [0.1, 0.15) is 0 Å². The van der Waals surface area contributed by atoms with E-state index in [1.165, 1.54) is 51.5 Å². The molecule has 0 spiro atoms. The van der Waals surface area contributed by atoms with Gasteiger partial charge in [-0.2, -0.15) is 0 Å². The molecule has 15 heavy (non-hydrogen) atoms. The smallest absolute Gasteiger partial charge is 0.00414 e. The fourth-order valence-electron chi connectivity index (χ4n) is 2.99. The maximum Gasteiger partial charge on any atom is 0.00414 e. The zero-order valence-electron chi connectivity index (χ0n) is 10.5. The van der Waals surface area contributed by atoms with E-state index in [1.807, 2.05) is 0 Å². The largest absolute Gasteiger partial charge is 0.314 e. The second-order valence-electron chi connectivity index (χ2n) is 6.01. The highest BCUT2D eigenvalue weighted by Crippen LogP contribution is 2.34. The number of hydrogen-bond donors (Lipinski definition) is 1. The minimum atomic E-state index is 0.756. The third kappa shape index (κ3) is 3.79. The van der Waals surface area contributed by atoms with Gasteiger partial charge in [0.05, 0.1) is 0 Å². The van der Waals surface area contributed by atoms with Crippen molar-refractivity contribution in [2.24, 2.45) is 17.8 Å². The van der Waals surface area contributed by atoms with Gasteiger partial charge in [0.15, 0.2) is 0 Å². The Morgan fingerprint density at radius 2 is 1.87 bits per heavy atom. The number of rotatable bonds is 5. The van der Waals surface area contributed by atoms with Crippen molar-refractivity contribution in [3.63, 3.8) is 0 Å². The average molecular weight is 209 g/mol. The first-order valence-corrected chi connectivity index (χ1v) is 6.99. The predicted octanol–water partition coefficient (Wildman–Crippen LogP) is 3.59. The van der Waals surface area contributed by atoms with Crippen LogP contribution in [0.25, 0.3) is 0 Å². The van der Waals surface area contributed by atoms with Crippen LogP contribution >= 0.6 is 0 Å². The van der Waals surface area contributed by atoms with E-state index in [2.05, 4.69) is 19.2 Å². The van der Waals surface area contributed by atoms with E-state index >= 15 is 0 Å². The molecule has 0 radical (unpaired) electrons. The molecule has 2 aliphatic carbocycles. The zero-order valence-corrected chi connectivity index (χ0v) is 10.5. The van der Waals surface area contributed by atoms with Gasteiger partial charge in [-0.25, -0.2) is 0 Å². The van der Waals surface area contributed by atoms with E-state index < -0.39 is 0 Å². The normalized spacial score (nSPS) is 34.0. The Morgan fingerprint density at radius 1 is 1.13 bits per heavy atom. The van der Waals surface area contributed by atoms with Crippen molar-refractivity contribution >= 4 is 0 Å². The molecule has 2 fully saturated rings. The Bertz CT molecular complexity index is 186. The Hall–Kier alpha value is -0.0400. The molecule has 0 aromatic heterocycles. The third-order valence-electron chi connectivity index (χ3n) is 4.40. The molecule has 2 saturated carbocycles. The second kappa shape index (κ2) is 5.34. The number of nitrogens with one attached hydrogen (secondary N) is 1. The molecule has 0 amide bonds. The second-order valence-corrected chi connectivity index (χ2v) is 6.01. The van der Waals surface area contributed by atoms with Gasteiger partial charge < -0.3 is 5.32 Å². The van der Waals surface area contributed by atoms with Crippen molar-refractivity contribution in [3.8, 4) is 0 Å². The molecule has 0 heterocycles. The molecule has 0 aromatic carbocycles. The van der Waals surface area contributed by atoms with Crippen molar-refractivity contribution in [2.75, 3.05) is 6.54 Å². The molecular weight excluding hydrogens is 182 g/mol. The van der Waals surface area contributed by atoms with Gasteiger partial charge >= 0.3 is 0 Å². The highest BCUT2D eigenvalue weighted by atomic mass is 14.9. The van der Waals surface area contributed by atoms with Gasteiger partial charge in [-0.1, -0.05) is 39.0 Å².